The van der Waals surface area contributed by atoms with Crippen LogP contribution in [-0.4, -0.2) is 38.9 Å². The lowest BCUT2D eigenvalue weighted by atomic mass is 10.2. The van der Waals surface area contributed by atoms with Crippen molar-refractivity contribution in [3.05, 3.63) is 66.1 Å². The molecule has 9 heteroatoms. The topological polar surface area (TPSA) is 91.4 Å². The van der Waals surface area contributed by atoms with Crippen molar-refractivity contribution in [2.75, 3.05) is 24.5 Å². The van der Waals surface area contributed by atoms with Crippen molar-refractivity contribution in [2.45, 2.75) is 24.3 Å². The first-order chi connectivity index (χ1) is 13.9. The van der Waals surface area contributed by atoms with Gasteiger partial charge in [0.1, 0.15) is 16.5 Å². The molecule has 154 valence electrons. The zero-order chi connectivity index (χ0) is 20.9. The van der Waals surface area contributed by atoms with E-state index in [4.69, 9.17) is 0 Å². The highest BCUT2D eigenvalue weighted by Gasteiger charge is 2.20. The van der Waals surface area contributed by atoms with Gasteiger partial charge in [-0.2, -0.15) is 0 Å². The molecule has 0 bridgehead atoms. The van der Waals surface area contributed by atoms with Gasteiger partial charge >= 0.3 is 0 Å². The zero-order valence-electron chi connectivity index (χ0n) is 15.9. The molecule has 2 aromatic rings. The second-order valence-corrected chi connectivity index (χ2v) is 8.42. The minimum absolute atomic E-state index is 0.0421. The molecule has 1 amide bonds. The Morgan fingerprint density at radius 2 is 2.00 bits per heavy atom. The molecule has 0 unspecified atom stereocenters. The summed E-state index contributed by atoms with van der Waals surface area (Å²) in [6, 6.07) is 6.97. The van der Waals surface area contributed by atoms with Crippen molar-refractivity contribution in [1.82, 2.24) is 15.0 Å². The van der Waals surface area contributed by atoms with Gasteiger partial charge in [-0.05, 0) is 48.7 Å². The van der Waals surface area contributed by atoms with Gasteiger partial charge in [0, 0.05) is 37.9 Å². The first-order valence-electron chi connectivity index (χ1n) is 9.29. The number of aromatic nitrogens is 1. The molecule has 0 saturated carbocycles. The van der Waals surface area contributed by atoms with E-state index in [2.05, 4.69) is 26.5 Å². The molecule has 1 aromatic heterocycles. The number of hydrogen-bond donors (Lipinski definition) is 2. The number of pyridine rings is 1. The van der Waals surface area contributed by atoms with Crippen molar-refractivity contribution in [3.63, 3.8) is 0 Å². The molecule has 2 heterocycles. The Balaban J connectivity index is 1.70. The Morgan fingerprint density at radius 1 is 1.24 bits per heavy atom. The zero-order valence-corrected chi connectivity index (χ0v) is 16.7. The van der Waals surface area contributed by atoms with E-state index < -0.39 is 26.6 Å². The molecule has 2 N–H and O–H groups in total. The molecule has 1 aliphatic rings. The quantitative estimate of drug-likeness (QED) is 0.642. The van der Waals surface area contributed by atoms with Crippen LogP contribution in [0.25, 0.3) is 0 Å². The number of anilines is 1. The number of carbonyl (C=O) groups is 1. The first kappa shape index (κ1) is 20.9. The van der Waals surface area contributed by atoms with Crippen molar-refractivity contribution in [1.29, 1.82) is 0 Å². The number of sulfonamides is 1. The molecule has 1 aliphatic heterocycles. The minimum Gasteiger partial charge on any atom is -0.357 e. The average Bonchev–Trinajstić information content (AvgIpc) is 3.26. The van der Waals surface area contributed by atoms with Crippen molar-refractivity contribution in [3.8, 4) is 0 Å². The summed E-state index contributed by atoms with van der Waals surface area (Å²) >= 11 is 0. The van der Waals surface area contributed by atoms with Crippen LogP contribution in [0, 0.1) is 5.82 Å². The van der Waals surface area contributed by atoms with E-state index in [-0.39, 0.29) is 18.7 Å². The molecule has 3 rings (SSSR count). The van der Waals surface area contributed by atoms with Crippen LogP contribution in [0.2, 0.25) is 0 Å². The van der Waals surface area contributed by atoms with E-state index in [1.54, 1.807) is 12.3 Å². The van der Waals surface area contributed by atoms with Crippen LogP contribution in [-0.2, 0) is 16.6 Å². The number of nitrogens with one attached hydrogen (secondary N) is 2. The van der Waals surface area contributed by atoms with Gasteiger partial charge in [0.05, 0.1) is 0 Å². The van der Waals surface area contributed by atoms with Gasteiger partial charge in [0.25, 0.3) is 5.91 Å². The number of hydrogen-bond acceptors (Lipinski definition) is 5. The summed E-state index contributed by atoms with van der Waals surface area (Å²) in [5.41, 5.74) is 0.928. The maximum Gasteiger partial charge on any atom is 0.251 e. The van der Waals surface area contributed by atoms with Crippen LogP contribution in [0.3, 0.4) is 0 Å². The number of rotatable bonds is 8. The second kappa shape index (κ2) is 9.15. The largest absolute Gasteiger partial charge is 0.357 e. The molecular weight excluding hydrogens is 395 g/mol. The molecule has 0 aliphatic carbocycles. The highest BCUT2D eigenvalue weighted by Crippen LogP contribution is 2.19. The van der Waals surface area contributed by atoms with Crippen LogP contribution in [0.15, 0.2) is 54.1 Å². The van der Waals surface area contributed by atoms with E-state index in [1.165, 1.54) is 12.1 Å². The van der Waals surface area contributed by atoms with Crippen molar-refractivity contribution in [2.24, 2.45) is 0 Å². The Labute approximate surface area is 169 Å². The summed E-state index contributed by atoms with van der Waals surface area (Å²) in [4.78, 5) is 18.5. The highest BCUT2D eigenvalue weighted by atomic mass is 32.2. The van der Waals surface area contributed by atoms with Crippen LogP contribution < -0.4 is 14.9 Å². The van der Waals surface area contributed by atoms with Gasteiger partial charge in [0.2, 0.25) is 10.0 Å². The van der Waals surface area contributed by atoms with Crippen molar-refractivity contribution >= 4 is 21.7 Å². The summed E-state index contributed by atoms with van der Waals surface area (Å²) in [5, 5.41) is 2.74. The lowest BCUT2D eigenvalue weighted by Crippen LogP contribution is -2.26. The summed E-state index contributed by atoms with van der Waals surface area (Å²) in [6.07, 6.45) is 5.32. The molecule has 0 spiro atoms. The number of amides is 1. The molecule has 1 fully saturated rings. The summed E-state index contributed by atoms with van der Waals surface area (Å²) in [5.74, 6) is -0.551. The predicted octanol–water partition coefficient (Wildman–Crippen LogP) is 2.22. The Kier molecular flexibility index (Phi) is 6.60. The average molecular weight is 418 g/mol. The van der Waals surface area contributed by atoms with Crippen LogP contribution in [0.4, 0.5) is 10.2 Å². The maximum absolute atomic E-state index is 14.0. The lowest BCUT2D eigenvalue weighted by molar-refractivity contribution is 0.0950. The molecule has 1 aromatic carbocycles. The van der Waals surface area contributed by atoms with Crippen molar-refractivity contribution < 1.29 is 17.6 Å². The molecule has 0 radical (unpaired) electrons. The Morgan fingerprint density at radius 3 is 2.72 bits per heavy atom. The maximum atomic E-state index is 14.0. The molecule has 29 heavy (non-hydrogen) atoms. The highest BCUT2D eigenvalue weighted by molar-refractivity contribution is 7.89. The van der Waals surface area contributed by atoms with Crippen LogP contribution in [0.5, 0.6) is 0 Å². The lowest BCUT2D eigenvalue weighted by Gasteiger charge is -2.17. The van der Waals surface area contributed by atoms with E-state index in [0.29, 0.717) is 0 Å². The Bertz CT molecular complexity index is 1000. The molecule has 7 nitrogen and oxygen atoms in total. The number of nitrogens with zero attached hydrogens (tertiary/aromatic N) is 2. The molecular formula is C20H23FN4O3S. The summed E-state index contributed by atoms with van der Waals surface area (Å²) in [7, 11) is -4.08. The smallest absolute Gasteiger partial charge is 0.251 e. The fourth-order valence-corrected chi connectivity index (χ4v) is 4.17. The summed E-state index contributed by atoms with van der Waals surface area (Å²) < 4.78 is 40.6. The molecule has 0 atom stereocenters. The monoisotopic (exact) mass is 418 g/mol. The number of benzene rings is 1. The van der Waals surface area contributed by atoms with Gasteiger partial charge in [-0.25, -0.2) is 22.5 Å². The molecule has 1 saturated heterocycles. The first-order valence-corrected chi connectivity index (χ1v) is 10.8. The van der Waals surface area contributed by atoms with Gasteiger partial charge in [-0.15, -0.1) is 6.58 Å². The van der Waals surface area contributed by atoms with Gasteiger partial charge in [0.15, 0.2) is 0 Å². The van der Waals surface area contributed by atoms with E-state index in [0.717, 1.165) is 49.4 Å². The van der Waals surface area contributed by atoms with Gasteiger partial charge in [-0.1, -0.05) is 6.08 Å². The van der Waals surface area contributed by atoms with Crippen LogP contribution in [0.1, 0.15) is 28.8 Å². The predicted molar refractivity (Wildman–Crippen MR) is 109 cm³/mol. The van der Waals surface area contributed by atoms with Gasteiger partial charge in [-0.3, -0.25) is 4.79 Å². The number of halogens is 1. The summed E-state index contributed by atoms with van der Waals surface area (Å²) in [6.45, 7) is 5.56. The third-order valence-corrected chi connectivity index (χ3v) is 6.03. The standard InChI is InChI=1S/C20H23FN4O3S/c1-2-8-24-29(27,28)18-13-16(5-6-17(18)21)20(26)23-14-15-7-9-22-19(12-15)25-10-3-4-11-25/h2,5-7,9,12-13,24H,1,3-4,8,10-11,14H2,(H,23,26). The SMILES string of the molecule is C=CCNS(=O)(=O)c1cc(C(=O)NCc2ccnc(N3CCCC3)c2)ccc1F. The fourth-order valence-electron chi connectivity index (χ4n) is 3.07. The van der Waals surface area contributed by atoms with E-state index >= 15 is 0 Å². The number of carbonyl (C=O) groups excluding carboxylic acids is 1. The minimum atomic E-state index is -4.08. The van der Waals surface area contributed by atoms with E-state index in [9.17, 15) is 17.6 Å². The normalized spacial score (nSPS) is 14.0. The fraction of sp³-hybridized carbons (Fsp3) is 0.300. The third kappa shape index (κ3) is 5.18. The Hall–Kier alpha value is -2.78. The van der Waals surface area contributed by atoms with Gasteiger partial charge < -0.3 is 10.2 Å². The third-order valence-electron chi connectivity index (χ3n) is 4.59. The van der Waals surface area contributed by atoms with Crippen LogP contribution >= 0.6 is 0 Å². The second-order valence-electron chi connectivity index (χ2n) is 6.68. The van der Waals surface area contributed by atoms with E-state index in [1.807, 2.05) is 6.07 Å².